The summed E-state index contributed by atoms with van der Waals surface area (Å²) in [5, 5.41) is 0.552. The van der Waals surface area contributed by atoms with Gasteiger partial charge >= 0.3 is 0 Å². The van der Waals surface area contributed by atoms with Crippen molar-refractivity contribution in [1.82, 2.24) is 4.90 Å². The Balaban J connectivity index is 2.39. The Labute approximate surface area is 104 Å². The molecule has 0 heterocycles. The molecule has 1 amide bonds. The molecular weight excluding hydrogens is 280 g/mol. The lowest BCUT2D eigenvalue weighted by Gasteiger charge is -2.22. The maximum absolute atomic E-state index is 12.3. The van der Waals surface area contributed by atoms with Gasteiger partial charge in [-0.2, -0.15) is 0 Å². The third-order valence-electron chi connectivity index (χ3n) is 3.00. The van der Waals surface area contributed by atoms with Gasteiger partial charge in [0.2, 0.25) is 5.91 Å². The summed E-state index contributed by atoms with van der Waals surface area (Å²) >= 11 is 3.18. The molecule has 1 aliphatic carbocycles. The molecular formula is C11H18BrF2NO. The minimum Gasteiger partial charge on any atom is -0.336 e. The van der Waals surface area contributed by atoms with Gasteiger partial charge < -0.3 is 4.90 Å². The van der Waals surface area contributed by atoms with Crippen molar-refractivity contribution in [2.45, 2.75) is 38.5 Å². The highest BCUT2D eigenvalue weighted by atomic mass is 79.9. The molecule has 1 saturated carbocycles. The zero-order valence-electron chi connectivity index (χ0n) is 9.30. The summed E-state index contributed by atoms with van der Waals surface area (Å²) in [7, 11) is 0. The van der Waals surface area contributed by atoms with Crippen LogP contribution in [0.1, 0.15) is 32.1 Å². The van der Waals surface area contributed by atoms with E-state index in [0.717, 1.165) is 12.8 Å². The first-order valence-corrected chi connectivity index (χ1v) is 6.87. The zero-order valence-corrected chi connectivity index (χ0v) is 10.9. The van der Waals surface area contributed by atoms with Gasteiger partial charge in [-0.15, -0.1) is 0 Å². The third kappa shape index (κ3) is 4.76. The predicted octanol–water partition coefficient (Wildman–Crippen LogP) is 3.06. The van der Waals surface area contributed by atoms with Gasteiger partial charge in [-0.25, -0.2) is 8.78 Å². The van der Waals surface area contributed by atoms with Gasteiger partial charge in [0.25, 0.3) is 6.43 Å². The quantitative estimate of drug-likeness (QED) is 0.690. The summed E-state index contributed by atoms with van der Waals surface area (Å²) in [6.07, 6.45) is 2.49. The highest BCUT2D eigenvalue weighted by Gasteiger charge is 2.23. The average Bonchev–Trinajstić information content (AvgIpc) is 2.69. The first-order chi connectivity index (χ1) is 7.63. The van der Waals surface area contributed by atoms with Crippen molar-refractivity contribution in [3.63, 3.8) is 0 Å². The molecule has 5 heteroatoms. The van der Waals surface area contributed by atoms with Gasteiger partial charge in [0.15, 0.2) is 0 Å². The Bertz CT molecular complexity index is 220. The molecule has 2 nitrogen and oxygen atoms in total. The predicted molar refractivity (Wildman–Crippen MR) is 63.0 cm³/mol. The summed E-state index contributed by atoms with van der Waals surface area (Å²) in [4.78, 5) is 13.1. The number of carbonyl (C=O) groups is 1. The molecule has 0 radical (unpaired) electrons. The molecule has 94 valence electrons. The number of amides is 1. The van der Waals surface area contributed by atoms with Crippen molar-refractivity contribution in [3.05, 3.63) is 0 Å². The van der Waals surface area contributed by atoms with Crippen LogP contribution in [0.25, 0.3) is 0 Å². The SMILES string of the molecule is O=C(CC1CCCC1)N(CCBr)CC(F)F. The van der Waals surface area contributed by atoms with Crippen molar-refractivity contribution < 1.29 is 13.6 Å². The second-order valence-electron chi connectivity index (χ2n) is 4.27. The van der Waals surface area contributed by atoms with Crippen LogP contribution >= 0.6 is 15.9 Å². The van der Waals surface area contributed by atoms with Crippen LogP contribution in [0.4, 0.5) is 8.78 Å². The fourth-order valence-electron chi connectivity index (χ4n) is 2.18. The normalized spacial score (nSPS) is 17.0. The van der Waals surface area contributed by atoms with Gasteiger partial charge in [0, 0.05) is 18.3 Å². The van der Waals surface area contributed by atoms with Crippen LogP contribution < -0.4 is 0 Å². The number of nitrogens with zero attached hydrogens (tertiary/aromatic N) is 1. The monoisotopic (exact) mass is 297 g/mol. The van der Waals surface area contributed by atoms with E-state index in [4.69, 9.17) is 0 Å². The van der Waals surface area contributed by atoms with Crippen LogP contribution in [-0.4, -0.2) is 35.7 Å². The first-order valence-electron chi connectivity index (χ1n) is 5.75. The van der Waals surface area contributed by atoms with Crippen LogP contribution in [0.5, 0.6) is 0 Å². The van der Waals surface area contributed by atoms with Crippen LogP contribution in [-0.2, 0) is 4.79 Å². The van der Waals surface area contributed by atoms with Crippen LogP contribution in [0.2, 0.25) is 0 Å². The molecule has 0 saturated heterocycles. The highest BCUT2D eigenvalue weighted by molar-refractivity contribution is 9.09. The molecule has 1 fully saturated rings. The average molecular weight is 298 g/mol. The molecule has 0 N–H and O–H groups in total. The lowest BCUT2D eigenvalue weighted by molar-refractivity contribution is -0.133. The van der Waals surface area contributed by atoms with E-state index in [1.807, 2.05) is 0 Å². The Morgan fingerprint density at radius 1 is 1.38 bits per heavy atom. The third-order valence-corrected chi connectivity index (χ3v) is 3.36. The topological polar surface area (TPSA) is 20.3 Å². The number of halogens is 3. The largest absolute Gasteiger partial charge is 0.336 e. The minimum absolute atomic E-state index is 0.119. The van der Waals surface area contributed by atoms with E-state index >= 15 is 0 Å². The number of rotatable bonds is 6. The van der Waals surface area contributed by atoms with Crippen molar-refractivity contribution in [1.29, 1.82) is 0 Å². The summed E-state index contributed by atoms with van der Waals surface area (Å²) in [6, 6.07) is 0. The standard InChI is InChI=1S/C11H18BrF2NO/c12-5-6-15(8-10(13)14)11(16)7-9-3-1-2-4-9/h9-10H,1-8H2. The molecule has 16 heavy (non-hydrogen) atoms. The Kier molecular flexibility index (Phi) is 6.24. The second-order valence-corrected chi connectivity index (χ2v) is 5.07. The van der Waals surface area contributed by atoms with E-state index in [-0.39, 0.29) is 5.91 Å². The van der Waals surface area contributed by atoms with E-state index in [1.54, 1.807) is 0 Å². The number of alkyl halides is 3. The Morgan fingerprint density at radius 2 is 2.00 bits per heavy atom. The van der Waals surface area contributed by atoms with E-state index in [1.165, 1.54) is 17.7 Å². The van der Waals surface area contributed by atoms with Crippen molar-refractivity contribution in [2.24, 2.45) is 5.92 Å². The minimum atomic E-state index is -2.44. The van der Waals surface area contributed by atoms with E-state index in [2.05, 4.69) is 15.9 Å². The van der Waals surface area contributed by atoms with Gasteiger partial charge in [-0.1, -0.05) is 28.8 Å². The highest BCUT2D eigenvalue weighted by Crippen LogP contribution is 2.28. The molecule has 0 atom stereocenters. The van der Waals surface area contributed by atoms with Crippen molar-refractivity contribution in [2.75, 3.05) is 18.4 Å². The van der Waals surface area contributed by atoms with E-state index in [9.17, 15) is 13.6 Å². The fraction of sp³-hybridized carbons (Fsp3) is 0.909. The Morgan fingerprint density at radius 3 is 2.50 bits per heavy atom. The van der Waals surface area contributed by atoms with E-state index in [0.29, 0.717) is 24.2 Å². The molecule has 1 aliphatic rings. The molecule has 1 rings (SSSR count). The molecule has 0 aromatic heterocycles. The second kappa shape index (κ2) is 7.20. The van der Waals surface area contributed by atoms with E-state index < -0.39 is 13.0 Å². The summed E-state index contributed by atoms with van der Waals surface area (Å²) in [5.74, 6) is 0.301. The summed E-state index contributed by atoms with van der Waals surface area (Å²) in [5.41, 5.74) is 0. The van der Waals surface area contributed by atoms with Crippen LogP contribution in [0.15, 0.2) is 0 Å². The smallest absolute Gasteiger partial charge is 0.255 e. The van der Waals surface area contributed by atoms with Gasteiger partial charge in [-0.05, 0) is 18.8 Å². The Hall–Kier alpha value is -0.190. The molecule has 0 unspecified atom stereocenters. The maximum atomic E-state index is 12.3. The summed E-state index contributed by atoms with van der Waals surface area (Å²) < 4.78 is 24.5. The maximum Gasteiger partial charge on any atom is 0.255 e. The fourth-order valence-corrected chi connectivity index (χ4v) is 2.61. The lowest BCUT2D eigenvalue weighted by Crippen LogP contribution is -2.37. The zero-order chi connectivity index (χ0) is 12.0. The molecule has 0 aromatic rings. The van der Waals surface area contributed by atoms with Gasteiger partial charge in [0.05, 0.1) is 6.54 Å². The van der Waals surface area contributed by atoms with Crippen LogP contribution in [0, 0.1) is 5.92 Å². The van der Waals surface area contributed by atoms with Crippen molar-refractivity contribution >= 4 is 21.8 Å². The van der Waals surface area contributed by atoms with Gasteiger partial charge in [-0.3, -0.25) is 4.79 Å². The first kappa shape index (κ1) is 13.9. The molecule has 0 aromatic carbocycles. The van der Waals surface area contributed by atoms with Gasteiger partial charge in [0.1, 0.15) is 0 Å². The molecule has 0 aliphatic heterocycles. The van der Waals surface area contributed by atoms with Crippen molar-refractivity contribution in [3.8, 4) is 0 Å². The molecule has 0 spiro atoms. The molecule has 0 bridgehead atoms. The number of hydrogen-bond acceptors (Lipinski definition) is 1. The number of hydrogen-bond donors (Lipinski definition) is 0. The lowest BCUT2D eigenvalue weighted by atomic mass is 10.0. The van der Waals surface area contributed by atoms with Crippen LogP contribution in [0.3, 0.4) is 0 Å². The summed E-state index contributed by atoms with van der Waals surface area (Å²) in [6.45, 7) is -0.0625. The number of carbonyl (C=O) groups excluding carboxylic acids is 1.